The third-order valence-electron chi connectivity index (χ3n) is 2.49. The molecule has 0 aliphatic carbocycles. The summed E-state index contributed by atoms with van der Waals surface area (Å²) in [6, 6.07) is 6.43. The Kier molecular flexibility index (Phi) is 3.73. The summed E-state index contributed by atoms with van der Waals surface area (Å²) in [6.45, 7) is 0. The molecule has 0 spiro atoms. The Hall–Kier alpha value is -1.65. The highest BCUT2D eigenvalue weighted by Crippen LogP contribution is 2.30. The van der Waals surface area contributed by atoms with Crippen LogP contribution in [0.5, 0.6) is 0 Å². The van der Waals surface area contributed by atoms with E-state index in [-0.39, 0.29) is 21.2 Å². The van der Waals surface area contributed by atoms with Gasteiger partial charge >= 0.3 is 5.97 Å². The molecule has 2 rings (SSSR count). The molecule has 0 saturated carbocycles. The van der Waals surface area contributed by atoms with E-state index in [1.807, 2.05) is 0 Å². The zero-order chi connectivity index (χ0) is 14.2. The first kappa shape index (κ1) is 13.8. The Morgan fingerprint density at radius 3 is 2.11 bits per heavy atom. The molecule has 2 nitrogen and oxygen atoms in total. The molecule has 19 heavy (non-hydrogen) atoms. The van der Waals surface area contributed by atoms with Gasteiger partial charge in [-0.05, 0) is 29.8 Å². The molecule has 2 aromatic rings. The van der Waals surface area contributed by atoms with Crippen LogP contribution in [0.3, 0.4) is 0 Å². The van der Waals surface area contributed by atoms with E-state index in [1.165, 1.54) is 24.3 Å². The third kappa shape index (κ3) is 2.69. The summed E-state index contributed by atoms with van der Waals surface area (Å²) < 4.78 is 27.4. The monoisotopic (exact) mass is 302 g/mol. The van der Waals surface area contributed by atoms with Crippen LogP contribution in [0.2, 0.25) is 10.0 Å². The molecule has 98 valence electrons. The van der Waals surface area contributed by atoms with E-state index in [0.717, 1.165) is 6.07 Å². The molecule has 0 saturated heterocycles. The highest BCUT2D eigenvalue weighted by molar-refractivity contribution is 6.35. The lowest BCUT2D eigenvalue weighted by Gasteiger charge is -2.07. The first-order valence-electron chi connectivity index (χ1n) is 5.08. The normalized spacial score (nSPS) is 10.5. The number of aromatic carboxylic acids is 1. The van der Waals surface area contributed by atoms with Gasteiger partial charge in [-0.2, -0.15) is 0 Å². The maximum atomic E-state index is 13.8. The maximum Gasteiger partial charge on any atom is 0.338 e. The molecule has 0 aliphatic heterocycles. The van der Waals surface area contributed by atoms with Gasteiger partial charge in [0.2, 0.25) is 0 Å². The average molecular weight is 303 g/mol. The van der Waals surface area contributed by atoms with Gasteiger partial charge in [0.05, 0.1) is 5.56 Å². The van der Waals surface area contributed by atoms with Gasteiger partial charge in [0.25, 0.3) is 0 Å². The lowest BCUT2D eigenvalue weighted by Crippen LogP contribution is -2.03. The molecular weight excluding hydrogens is 297 g/mol. The minimum absolute atomic E-state index is 0.105. The largest absolute Gasteiger partial charge is 0.478 e. The van der Waals surface area contributed by atoms with Crippen LogP contribution in [0.25, 0.3) is 11.1 Å². The Balaban J connectivity index is 2.64. The van der Waals surface area contributed by atoms with Crippen LogP contribution in [0.1, 0.15) is 10.4 Å². The Morgan fingerprint density at radius 2 is 1.58 bits per heavy atom. The van der Waals surface area contributed by atoms with Crippen molar-refractivity contribution in [1.29, 1.82) is 0 Å². The molecule has 0 aliphatic rings. The van der Waals surface area contributed by atoms with E-state index in [0.29, 0.717) is 0 Å². The predicted octanol–water partition coefficient (Wildman–Crippen LogP) is 4.64. The molecular formula is C13H6Cl2F2O2. The van der Waals surface area contributed by atoms with Gasteiger partial charge in [-0.3, -0.25) is 0 Å². The van der Waals surface area contributed by atoms with Gasteiger partial charge in [-0.1, -0.05) is 29.3 Å². The van der Waals surface area contributed by atoms with Gasteiger partial charge in [-0.25, -0.2) is 13.6 Å². The van der Waals surface area contributed by atoms with Crippen LogP contribution in [0, 0.1) is 11.6 Å². The van der Waals surface area contributed by atoms with E-state index >= 15 is 0 Å². The van der Waals surface area contributed by atoms with Crippen LogP contribution < -0.4 is 0 Å². The van der Waals surface area contributed by atoms with Crippen molar-refractivity contribution in [3.8, 4) is 11.1 Å². The first-order valence-corrected chi connectivity index (χ1v) is 5.83. The van der Waals surface area contributed by atoms with E-state index in [9.17, 15) is 13.6 Å². The van der Waals surface area contributed by atoms with Crippen LogP contribution in [0.4, 0.5) is 8.78 Å². The molecule has 0 radical (unpaired) electrons. The molecule has 6 heteroatoms. The first-order chi connectivity index (χ1) is 8.90. The summed E-state index contributed by atoms with van der Waals surface area (Å²) in [5, 5.41) is 9.23. The lowest BCUT2D eigenvalue weighted by atomic mass is 10.0. The fourth-order valence-electron chi connectivity index (χ4n) is 1.65. The van der Waals surface area contributed by atoms with E-state index in [2.05, 4.69) is 0 Å². The second-order valence-electron chi connectivity index (χ2n) is 3.75. The second kappa shape index (κ2) is 5.15. The van der Waals surface area contributed by atoms with Crippen molar-refractivity contribution in [2.24, 2.45) is 0 Å². The van der Waals surface area contributed by atoms with Crippen LogP contribution >= 0.6 is 23.2 Å². The van der Waals surface area contributed by atoms with E-state index in [1.54, 1.807) is 0 Å². The Morgan fingerprint density at radius 1 is 1.00 bits per heavy atom. The van der Waals surface area contributed by atoms with Crippen molar-refractivity contribution in [3.05, 3.63) is 57.6 Å². The van der Waals surface area contributed by atoms with Crippen LogP contribution in [-0.4, -0.2) is 11.1 Å². The number of carboxylic acids is 1. The minimum Gasteiger partial charge on any atom is -0.478 e. The molecule has 1 N–H and O–H groups in total. The predicted molar refractivity (Wildman–Crippen MR) is 68.8 cm³/mol. The van der Waals surface area contributed by atoms with Gasteiger partial charge in [0, 0.05) is 15.6 Å². The summed E-state index contributed by atoms with van der Waals surface area (Å²) in [5.74, 6) is -4.20. The van der Waals surface area contributed by atoms with Gasteiger partial charge in [-0.15, -0.1) is 0 Å². The number of benzene rings is 2. The van der Waals surface area contributed by atoms with E-state index in [4.69, 9.17) is 28.3 Å². The van der Waals surface area contributed by atoms with Crippen LogP contribution in [-0.2, 0) is 0 Å². The molecule has 2 aromatic carbocycles. The SMILES string of the molecule is O=C(O)c1ccc(-c2cc(Cl)cc(Cl)c2)c(F)c1F. The molecule has 0 bridgehead atoms. The maximum absolute atomic E-state index is 13.8. The quantitative estimate of drug-likeness (QED) is 0.877. The molecule has 0 aromatic heterocycles. The minimum atomic E-state index is -1.54. The summed E-state index contributed by atoms with van der Waals surface area (Å²) in [4.78, 5) is 10.7. The fraction of sp³-hybridized carbons (Fsp3) is 0. The van der Waals surface area contributed by atoms with Gasteiger partial charge in [0.15, 0.2) is 11.6 Å². The fourth-order valence-corrected chi connectivity index (χ4v) is 2.17. The van der Waals surface area contributed by atoms with E-state index < -0.39 is 23.2 Å². The molecule has 0 heterocycles. The van der Waals surface area contributed by atoms with Crippen LogP contribution in [0.15, 0.2) is 30.3 Å². The van der Waals surface area contributed by atoms with Gasteiger partial charge in [0.1, 0.15) is 0 Å². The van der Waals surface area contributed by atoms with Crippen molar-refractivity contribution >= 4 is 29.2 Å². The molecule has 0 amide bonds. The second-order valence-corrected chi connectivity index (χ2v) is 4.62. The standard InChI is InChI=1S/C13H6Cl2F2O2/c14-7-3-6(4-8(15)5-7)9-1-2-10(13(18)19)12(17)11(9)16/h1-5H,(H,18,19). The van der Waals surface area contributed by atoms with Crippen molar-refractivity contribution in [2.75, 3.05) is 0 Å². The summed E-state index contributed by atoms with van der Waals surface area (Å²) in [7, 11) is 0. The van der Waals surface area contributed by atoms with Crippen molar-refractivity contribution in [2.45, 2.75) is 0 Å². The summed E-state index contributed by atoms with van der Waals surface area (Å²) in [5.41, 5.74) is -0.563. The Bertz CT molecular complexity index is 652. The number of halogens is 4. The van der Waals surface area contributed by atoms with Crippen molar-refractivity contribution < 1.29 is 18.7 Å². The summed E-state index contributed by atoms with van der Waals surface area (Å²) >= 11 is 11.6. The molecule has 0 unspecified atom stereocenters. The Labute approximate surface area is 117 Å². The average Bonchev–Trinajstić information content (AvgIpc) is 2.30. The zero-order valence-electron chi connectivity index (χ0n) is 9.25. The summed E-state index contributed by atoms with van der Waals surface area (Å²) in [6.07, 6.45) is 0. The zero-order valence-corrected chi connectivity index (χ0v) is 10.8. The lowest BCUT2D eigenvalue weighted by molar-refractivity contribution is 0.0690. The highest BCUT2D eigenvalue weighted by atomic mass is 35.5. The van der Waals surface area contributed by atoms with Gasteiger partial charge < -0.3 is 5.11 Å². The highest BCUT2D eigenvalue weighted by Gasteiger charge is 2.19. The molecule has 0 fully saturated rings. The number of hydrogen-bond acceptors (Lipinski definition) is 1. The number of carboxylic acid groups (broad SMARTS) is 1. The number of carbonyl (C=O) groups is 1. The number of rotatable bonds is 2. The number of hydrogen-bond donors (Lipinski definition) is 1. The topological polar surface area (TPSA) is 37.3 Å². The molecule has 0 atom stereocenters. The van der Waals surface area contributed by atoms with Crippen molar-refractivity contribution in [3.63, 3.8) is 0 Å². The van der Waals surface area contributed by atoms with Crippen molar-refractivity contribution in [1.82, 2.24) is 0 Å². The smallest absolute Gasteiger partial charge is 0.338 e. The third-order valence-corrected chi connectivity index (χ3v) is 2.92.